The zero-order chi connectivity index (χ0) is 5.82. The molecule has 1 fully saturated rings. The average molecular weight is 129 g/mol. The monoisotopic (exact) mass is 129 g/mol. The number of hydrogen-bond acceptors (Lipinski definition) is 2. The molecule has 0 spiro atoms. The van der Waals surface area contributed by atoms with Gasteiger partial charge in [-0.05, 0) is 12.8 Å². The van der Waals surface area contributed by atoms with E-state index in [4.69, 9.17) is 0 Å². The van der Waals surface area contributed by atoms with Crippen molar-refractivity contribution in [1.82, 2.24) is 4.72 Å². The van der Waals surface area contributed by atoms with Crippen LogP contribution < -0.4 is 4.72 Å². The molecule has 0 amide bonds. The molecular weight excluding hydrogens is 118 g/mol. The molecule has 2 heteroatoms. The van der Waals surface area contributed by atoms with Crippen LogP contribution in [0, 0.1) is 0 Å². The second-order valence-corrected chi connectivity index (χ2v) is 2.88. The smallest absolute Gasteiger partial charge is 0.0349 e. The quantitative estimate of drug-likeness (QED) is 0.426. The van der Waals surface area contributed by atoms with E-state index < -0.39 is 0 Å². The molecule has 1 nitrogen and oxygen atoms in total. The third-order valence-electron chi connectivity index (χ3n) is 1.28. The zero-order valence-corrected chi connectivity index (χ0v) is 5.71. The molecule has 0 aromatic heterocycles. The second kappa shape index (κ2) is 3.15. The summed E-state index contributed by atoms with van der Waals surface area (Å²) in [6, 6.07) is 0.564. The molecule has 1 aliphatic heterocycles. The van der Waals surface area contributed by atoms with Crippen LogP contribution in [0.2, 0.25) is 0 Å². The Hall–Kier alpha value is 0.0500. The van der Waals surface area contributed by atoms with Gasteiger partial charge in [0.05, 0.1) is 0 Å². The van der Waals surface area contributed by atoms with Gasteiger partial charge in [0, 0.05) is 11.8 Å². The molecule has 0 aliphatic carbocycles. The zero-order valence-electron chi connectivity index (χ0n) is 4.89. The molecule has 1 atom stereocenters. The van der Waals surface area contributed by atoms with Crippen LogP contribution in [0.25, 0.3) is 0 Å². The maximum atomic E-state index is 3.71. The van der Waals surface area contributed by atoms with E-state index in [2.05, 4.69) is 11.3 Å². The topological polar surface area (TPSA) is 12.0 Å². The summed E-state index contributed by atoms with van der Waals surface area (Å²) in [6.07, 6.45) is 4.57. The second-order valence-electron chi connectivity index (χ2n) is 1.95. The van der Waals surface area contributed by atoms with Gasteiger partial charge in [-0.2, -0.15) is 0 Å². The van der Waals surface area contributed by atoms with Crippen molar-refractivity contribution >= 4 is 11.9 Å². The summed E-state index contributed by atoms with van der Waals surface area (Å²) in [5.41, 5.74) is 0. The van der Waals surface area contributed by atoms with Crippen molar-refractivity contribution in [3.8, 4) is 0 Å². The molecule has 1 N–H and O–H groups in total. The van der Waals surface area contributed by atoms with Crippen LogP contribution in [0.15, 0.2) is 12.7 Å². The van der Waals surface area contributed by atoms with Gasteiger partial charge in [-0.15, -0.1) is 6.58 Å². The minimum atomic E-state index is 0.564. The van der Waals surface area contributed by atoms with Crippen LogP contribution in [0.4, 0.5) is 0 Å². The number of rotatable bonds is 1. The van der Waals surface area contributed by atoms with Crippen molar-refractivity contribution in [1.29, 1.82) is 0 Å². The van der Waals surface area contributed by atoms with Crippen molar-refractivity contribution < 1.29 is 0 Å². The summed E-state index contributed by atoms with van der Waals surface area (Å²) in [5, 5.41) is 0. The van der Waals surface area contributed by atoms with Gasteiger partial charge in [-0.3, -0.25) is 4.72 Å². The molecule has 0 bridgehead atoms. The van der Waals surface area contributed by atoms with Crippen LogP contribution >= 0.6 is 11.9 Å². The van der Waals surface area contributed by atoms with Gasteiger partial charge in [-0.1, -0.05) is 18.0 Å². The van der Waals surface area contributed by atoms with Gasteiger partial charge in [-0.25, -0.2) is 0 Å². The third kappa shape index (κ3) is 1.53. The van der Waals surface area contributed by atoms with Crippen LogP contribution in [0.5, 0.6) is 0 Å². The van der Waals surface area contributed by atoms with E-state index in [1.807, 2.05) is 6.08 Å². The highest BCUT2D eigenvalue weighted by molar-refractivity contribution is 7.97. The summed E-state index contributed by atoms with van der Waals surface area (Å²) in [7, 11) is 0. The minimum absolute atomic E-state index is 0.564. The van der Waals surface area contributed by atoms with Crippen LogP contribution in [-0.2, 0) is 0 Å². The van der Waals surface area contributed by atoms with Gasteiger partial charge in [0.15, 0.2) is 0 Å². The Balaban J connectivity index is 2.22. The van der Waals surface area contributed by atoms with Crippen molar-refractivity contribution in [2.75, 3.05) is 5.75 Å². The Bertz CT molecular complexity index is 76.6. The third-order valence-corrected chi connectivity index (χ3v) is 2.24. The average Bonchev–Trinajstić information content (AvgIpc) is 1.90. The lowest BCUT2D eigenvalue weighted by molar-refractivity contribution is 0.650. The first kappa shape index (κ1) is 6.17. The number of nitrogens with one attached hydrogen (secondary N) is 1. The highest BCUT2D eigenvalue weighted by Gasteiger charge is 2.07. The maximum absolute atomic E-state index is 3.71. The summed E-state index contributed by atoms with van der Waals surface area (Å²) in [5.74, 6) is 1.25. The molecule has 1 unspecified atom stereocenters. The predicted molar refractivity (Wildman–Crippen MR) is 38.8 cm³/mol. The summed E-state index contributed by atoms with van der Waals surface area (Å²) < 4.78 is 3.27. The SMILES string of the molecule is C=CC1CCCSN1. The molecule has 46 valence electrons. The van der Waals surface area contributed by atoms with Gasteiger partial charge < -0.3 is 0 Å². The highest BCUT2D eigenvalue weighted by atomic mass is 32.2. The molecular formula is C6H11NS. The Labute approximate surface area is 54.7 Å². The Morgan fingerprint density at radius 3 is 3.00 bits per heavy atom. The highest BCUT2D eigenvalue weighted by Crippen LogP contribution is 2.12. The van der Waals surface area contributed by atoms with Crippen molar-refractivity contribution in [3.63, 3.8) is 0 Å². The van der Waals surface area contributed by atoms with E-state index >= 15 is 0 Å². The summed E-state index contributed by atoms with van der Waals surface area (Å²) in [6.45, 7) is 3.71. The molecule has 0 radical (unpaired) electrons. The fourth-order valence-electron chi connectivity index (χ4n) is 0.766. The minimum Gasteiger partial charge on any atom is -0.257 e. The molecule has 1 rings (SSSR count). The first-order chi connectivity index (χ1) is 3.93. The molecule has 0 saturated carbocycles. The Morgan fingerprint density at radius 1 is 1.75 bits per heavy atom. The van der Waals surface area contributed by atoms with Gasteiger partial charge >= 0.3 is 0 Å². The first-order valence-corrected chi connectivity index (χ1v) is 3.92. The standard InChI is InChI=1S/C6H11NS/c1-2-6-4-3-5-8-7-6/h2,6-7H,1,3-5H2. The Kier molecular flexibility index (Phi) is 2.43. The summed E-state index contributed by atoms with van der Waals surface area (Å²) in [4.78, 5) is 0. The fourth-order valence-corrected chi connectivity index (χ4v) is 1.62. The van der Waals surface area contributed by atoms with E-state index in [1.54, 1.807) is 11.9 Å². The van der Waals surface area contributed by atoms with Gasteiger partial charge in [0.25, 0.3) is 0 Å². The van der Waals surface area contributed by atoms with Gasteiger partial charge in [0.2, 0.25) is 0 Å². The van der Waals surface area contributed by atoms with E-state index in [0.29, 0.717) is 6.04 Å². The van der Waals surface area contributed by atoms with Crippen LogP contribution in [0.1, 0.15) is 12.8 Å². The molecule has 1 saturated heterocycles. The fraction of sp³-hybridized carbons (Fsp3) is 0.667. The predicted octanol–water partition coefficient (Wildman–Crippen LogP) is 1.57. The van der Waals surface area contributed by atoms with E-state index in [-0.39, 0.29) is 0 Å². The largest absolute Gasteiger partial charge is 0.257 e. The summed E-state index contributed by atoms with van der Waals surface area (Å²) >= 11 is 1.81. The molecule has 8 heavy (non-hydrogen) atoms. The lowest BCUT2D eigenvalue weighted by Gasteiger charge is -2.18. The number of hydrogen-bond donors (Lipinski definition) is 1. The van der Waals surface area contributed by atoms with Gasteiger partial charge in [0.1, 0.15) is 0 Å². The van der Waals surface area contributed by atoms with E-state index in [0.717, 1.165) is 0 Å². The normalized spacial score (nSPS) is 29.8. The lowest BCUT2D eigenvalue weighted by Crippen LogP contribution is -2.24. The molecule has 0 aromatic rings. The first-order valence-electron chi connectivity index (χ1n) is 2.93. The van der Waals surface area contributed by atoms with Crippen molar-refractivity contribution in [2.24, 2.45) is 0 Å². The Morgan fingerprint density at radius 2 is 2.62 bits per heavy atom. The van der Waals surface area contributed by atoms with E-state index in [1.165, 1.54) is 18.6 Å². The van der Waals surface area contributed by atoms with Crippen molar-refractivity contribution in [3.05, 3.63) is 12.7 Å². The van der Waals surface area contributed by atoms with Crippen LogP contribution in [-0.4, -0.2) is 11.8 Å². The van der Waals surface area contributed by atoms with Crippen LogP contribution in [0.3, 0.4) is 0 Å². The lowest BCUT2D eigenvalue weighted by atomic mass is 10.2. The molecule has 1 aliphatic rings. The molecule has 0 aromatic carbocycles. The van der Waals surface area contributed by atoms with E-state index in [9.17, 15) is 0 Å². The van der Waals surface area contributed by atoms with Crippen molar-refractivity contribution in [2.45, 2.75) is 18.9 Å². The maximum Gasteiger partial charge on any atom is 0.0349 e. The molecule has 1 heterocycles.